The molecule has 0 aromatic heterocycles. The fourth-order valence-corrected chi connectivity index (χ4v) is 1.19. The predicted octanol–water partition coefficient (Wildman–Crippen LogP) is 1.73. The maximum Gasteiger partial charge on any atom is 0.335 e. The number of esters is 1. The van der Waals surface area contributed by atoms with Crippen molar-refractivity contribution in [3.63, 3.8) is 0 Å². The lowest BCUT2D eigenvalue weighted by atomic mass is 9.97. The monoisotopic (exact) mass is 234 g/mol. The molecule has 0 amide bonds. The van der Waals surface area contributed by atoms with E-state index in [9.17, 15) is 14.7 Å². The van der Waals surface area contributed by atoms with Crippen LogP contribution in [0.5, 0.6) is 5.75 Å². The van der Waals surface area contributed by atoms with Crippen LogP contribution in [0.4, 0.5) is 0 Å². The first-order chi connectivity index (χ1) is 7.84. The van der Waals surface area contributed by atoms with Crippen molar-refractivity contribution >= 4 is 11.8 Å². The Balaban J connectivity index is 2.85. The van der Waals surface area contributed by atoms with Gasteiger partial charge in [-0.15, -0.1) is 0 Å². The Kier molecular flexibility index (Phi) is 3.81. The quantitative estimate of drug-likeness (QED) is 0.373. The molecular formula is C13H14O4. The van der Waals surface area contributed by atoms with Crippen LogP contribution in [-0.4, -0.2) is 22.5 Å². The number of carbonyl (C=O) groups excluding carboxylic acids is 2. The van der Waals surface area contributed by atoms with Crippen molar-refractivity contribution < 1.29 is 19.4 Å². The van der Waals surface area contributed by atoms with Gasteiger partial charge in [0, 0.05) is 11.6 Å². The summed E-state index contributed by atoms with van der Waals surface area (Å²) in [7, 11) is 0. The van der Waals surface area contributed by atoms with Gasteiger partial charge in [0.15, 0.2) is 5.78 Å². The van der Waals surface area contributed by atoms with Crippen LogP contribution in [0.1, 0.15) is 24.2 Å². The van der Waals surface area contributed by atoms with Crippen molar-refractivity contribution in [3.8, 4) is 5.75 Å². The molecule has 4 nitrogen and oxygen atoms in total. The molecule has 4 heteroatoms. The van der Waals surface area contributed by atoms with Gasteiger partial charge in [-0.05, 0) is 38.1 Å². The zero-order valence-corrected chi connectivity index (χ0v) is 9.77. The second kappa shape index (κ2) is 4.93. The average Bonchev–Trinajstić information content (AvgIpc) is 2.27. The maximum atomic E-state index is 11.7. The number of aliphatic hydroxyl groups is 1. The Labute approximate surface area is 99.5 Å². The van der Waals surface area contributed by atoms with Crippen LogP contribution in [0.3, 0.4) is 0 Å². The number of Topliss-reactive ketones (excluding diaryl/α,β-unsaturated/α-hetero) is 1. The summed E-state index contributed by atoms with van der Waals surface area (Å²) in [4.78, 5) is 22.6. The summed E-state index contributed by atoms with van der Waals surface area (Å²) in [6, 6.07) is 5.96. The molecule has 0 saturated carbocycles. The zero-order chi connectivity index (χ0) is 13.1. The van der Waals surface area contributed by atoms with Crippen molar-refractivity contribution in [3.05, 3.63) is 42.5 Å². The molecule has 0 aliphatic heterocycles. The number of carbonyl (C=O) groups is 2. The minimum atomic E-state index is -1.42. The lowest BCUT2D eigenvalue weighted by molar-refractivity contribution is -0.128. The van der Waals surface area contributed by atoms with Gasteiger partial charge in [-0.3, -0.25) is 4.79 Å². The first kappa shape index (κ1) is 13.1. The van der Waals surface area contributed by atoms with Crippen molar-refractivity contribution in [1.29, 1.82) is 0 Å². The van der Waals surface area contributed by atoms with E-state index in [2.05, 4.69) is 6.58 Å². The molecule has 1 N–H and O–H groups in total. The van der Waals surface area contributed by atoms with Crippen LogP contribution in [0.15, 0.2) is 36.9 Å². The van der Waals surface area contributed by atoms with E-state index >= 15 is 0 Å². The fourth-order valence-electron chi connectivity index (χ4n) is 1.19. The first-order valence-corrected chi connectivity index (χ1v) is 5.06. The van der Waals surface area contributed by atoms with E-state index < -0.39 is 11.6 Å². The number of ketones is 1. The molecule has 90 valence electrons. The molecule has 0 atom stereocenters. The molecule has 0 spiro atoms. The molecule has 0 aliphatic rings. The second-order valence-electron chi connectivity index (χ2n) is 4.04. The van der Waals surface area contributed by atoms with Crippen molar-refractivity contribution in [1.82, 2.24) is 0 Å². The summed E-state index contributed by atoms with van der Waals surface area (Å²) in [5, 5.41) is 9.54. The number of ether oxygens (including phenoxy) is 1. The SMILES string of the molecule is C=CC(=O)Oc1ccc(C(=O)C(C)(C)O)cc1. The van der Waals surface area contributed by atoms with Crippen LogP contribution in [0.2, 0.25) is 0 Å². The van der Waals surface area contributed by atoms with E-state index in [0.29, 0.717) is 11.3 Å². The summed E-state index contributed by atoms with van der Waals surface area (Å²) in [6.07, 6.45) is 1.05. The standard InChI is InChI=1S/C13H14O4/c1-4-11(14)17-10-7-5-9(6-8-10)12(15)13(2,3)16/h4-8,16H,1H2,2-3H3. The van der Waals surface area contributed by atoms with Gasteiger partial charge in [-0.2, -0.15) is 0 Å². The third kappa shape index (κ3) is 3.53. The van der Waals surface area contributed by atoms with Gasteiger partial charge in [0.25, 0.3) is 0 Å². The summed E-state index contributed by atoms with van der Waals surface area (Å²) in [5.74, 6) is -0.632. The van der Waals surface area contributed by atoms with E-state index in [4.69, 9.17) is 4.74 Å². The second-order valence-corrected chi connectivity index (χ2v) is 4.04. The van der Waals surface area contributed by atoms with Gasteiger partial charge in [-0.1, -0.05) is 6.58 Å². The predicted molar refractivity (Wildman–Crippen MR) is 62.9 cm³/mol. The highest BCUT2D eigenvalue weighted by molar-refractivity contribution is 6.01. The zero-order valence-electron chi connectivity index (χ0n) is 9.77. The Hall–Kier alpha value is -1.94. The smallest absolute Gasteiger partial charge is 0.335 e. The van der Waals surface area contributed by atoms with E-state index in [-0.39, 0.29) is 5.78 Å². The molecule has 1 aromatic rings. The number of rotatable bonds is 4. The summed E-state index contributed by atoms with van der Waals surface area (Å²) < 4.78 is 4.85. The van der Waals surface area contributed by atoms with E-state index in [1.807, 2.05) is 0 Å². The molecule has 1 rings (SSSR count). The normalized spacial score (nSPS) is 10.8. The Bertz CT molecular complexity index is 437. The first-order valence-electron chi connectivity index (χ1n) is 5.06. The molecule has 0 aliphatic carbocycles. The summed E-state index contributed by atoms with van der Waals surface area (Å²) in [5.41, 5.74) is -1.06. The number of benzene rings is 1. The van der Waals surface area contributed by atoms with Crippen LogP contribution >= 0.6 is 0 Å². The molecule has 0 fully saturated rings. The number of hydrogen-bond acceptors (Lipinski definition) is 4. The molecule has 0 unspecified atom stereocenters. The van der Waals surface area contributed by atoms with Gasteiger partial charge >= 0.3 is 5.97 Å². The highest BCUT2D eigenvalue weighted by Gasteiger charge is 2.24. The topological polar surface area (TPSA) is 63.6 Å². The van der Waals surface area contributed by atoms with E-state index in [1.165, 1.54) is 38.1 Å². The van der Waals surface area contributed by atoms with Gasteiger partial charge in [0.2, 0.25) is 0 Å². The molecule has 0 heterocycles. The largest absolute Gasteiger partial charge is 0.423 e. The third-order valence-corrected chi connectivity index (χ3v) is 2.06. The Morgan fingerprint density at radius 3 is 2.24 bits per heavy atom. The van der Waals surface area contributed by atoms with Gasteiger partial charge in [0.1, 0.15) is 11.4 Å². The van der Waals surface area contributed by atoms with Gasteiger partial charge < -0.3 is 9.84 Å². The molecule has 17 heavy (non-hydrogen) atoms. The summed E-state index contributed by atoms with van der Waals surface area (Å²) in [6.45, 7) is 6.11. The lowest BCUT2D eigenvalue weighted by Crippen LogP contribution is -2.30. The Morgan fingerprint density at radius 1 is 1.29 bits per heavy atom. The van der Waals surface area contributed by atoms with Crippen LogP contribution in [0.25, 0.3) is 0 Å². The maximum absolute atomic E-state index is 11.7. The van der Waals surface area contributed by atoms with Crippen molar-refractivity contribution in [2.24, 2.45) is 0 Å². The lowest BCUT2D eigenvalue weighted by Gasteiger charge is -2.15. The van der Waals surface area contributed by atoms with E-state index in [0.717, 1.165) is 6.08 Å². The van der Waals surface area contributed by atoms with Crippen LogP contribution < -0.4 is 4.74 Å². The van der Waals surface area contributed by atoms with E-state index in [1.54, 1.807) is 0 Å². The Morgan fingerprint density at radius 2 is 1.82 bits per heavy atom. The molecule has 1 aromatic carbocycles. The molecular weight excluding hydrogens is 220 g/mol. The van der Waals surface area contributed by atoms with Crippen molar-refractivity contribution in [2.45, 2.75) is 19.4 Å². The van der Waals surface area contributed by atoms with Gasteiger partial charge in [-0.25, -0.2) is 4.79 Å². The molecule has 0 saturated heterocycles. The molecule has 0 bridgehead atoms. The minimum Gasteiger partial charge on any atom is -0.423 e. The number of hydrogen-bond donors (Lipinski definition) is 1. The fraction of sp³-hybridized carbons (Fsp3) is 0.231. The third-order valence-electron chi connectivity index (χ3n) is 2.06. The van der Waals surface area contributed by atoms with Crippen molar-refractivity contribution in [2.75, 3.05) is 0 Å². The average molecular weight is 234 g/mol. The molecule has 0 radical (unpaired) electrons. The highest BCUT2D eigenvalue weighted by atomic mass is 16.5. The summed E-state index contributed by atoms with van der Waals surface area (Å²) >= 11 is 0. The minimum absolute atomic E-state index is 0.321. The van der Waals surface area contributed by atoms with Crippen LogP contribution in [-0.2, 0) is 4.79 Å². The van der Waals surface area contributed by atoms with Gasteiger partial charge in [0.05, 0.1) is 0 Å². The van der Waals surface area contributed by atoms with Crippen LogP contribution in [0, 0.1) is 0 Å². The highest BCUT2D eigenvalue weighted by Crippen LogP contribution is 2.17.